The molecule has 0 saturated carbocycles. The molecule has 0 aliphatic carbocycles. The van der Waals surface area contributed by atoms with Crippen molar-refractivity contribution >= 4 is 17.6 Å². The molecule has 0 spiro atoms. The summed E-state index contributed by atoms with van der Waals surface area (Å²) in [6.45, 7) is 2.81. The molecular weight excluding hydrogens is 386 g/mol. The lowest BCUT2D eigenvalue weighted by Gasteiger charge is -2.23. The third-order valence-corrected chi connectivity index (χ3v) is 6.23. The van der Waals surface area contributed by atoms with Gasteiger partial charge in [-0.25, -0.2) is 0 Å². The predicted molar refractivity (Wildman–Crippen MR) is 126 cm³/mol. The van der Waals surface area contributed by atoms with E-state index in [1.165, 1.54) is 22.3 Å². The molecule has 0 saturated heterocycles. The SMILES string of the molecule is O=Cc1ccc(-c2cccc(CN(CCc3ccccc3)Cc3ccccc3)c2)s1. The van der Waals surface area contributed by atoms with Crippen molar-refractivity contribution in [2.75, 3.05) is 6.54 Å². The van der Waals surface area contributed by atoms with Gasteiger partial charge in [0.15, 0.2) is 6.29 Å². The lowest BCUT2D eigenvalue weighted by molar-refractivity contribution is 0.112. The van der Waals surface area contributed by atoms with Crippen LogP contribution in [0.1, 0.15) is 26.4 Å². The zero-order chi connectivity index (χ0) is 20.6. The molecular formula is C27H25NOS. The summed E-state index contributed by atoms with van der Waals surface area (Å²) >= 11 is 1.54. The van der Waals surface area contributed by atoms with Crippen LogP contribution in [-0.4, -0.2) is 17.7 Å². The number of thiophene rings is 1. The van der Waals surface area contributed by atoms with Crippen LogP contribution < -0.4 is 0 Å². The Bertz CT molecular complexity index is 1070. The number of hydrogen-bond acceptors (Lipinski definition) is 3. The highest BCUT2D eigenvalue weighted by atomic mass is 32.1. The van der Waals surface area contributed by atoms with E-state index in [0.717, 1.165) is 42.1 Å². The summed E-state index contributed by atoms with van der Waals surface area (Å²) < 4.78 is 0. The summed E-state index contributed by atoms with van der Waals surface area (Å²) in [7, 11) is 0. The van der Waals surface area contributed by atoms with Gasteiger partial charge in [0.1, 0.15) is 0 Å². The summed E-state index contributed by atoms with van der Waals surface area (Å²) in [6.07, 6.45) is 1.95. The first-order valence-electron chi connectivity index (χ1n) is 10.2. The fourth-order valence-electron chi connectivity index (χ4n) is 3.64. The Morgan fingerprint density at radius 3 is 2.07 bits per heavy atom. The van der Waals surface area contributed by atoms with Gasteiger partial charge in [-0.1, -0.05) is 78.9 Å². The van der Waals surface area contributed by atoms with Crippen LogP contribution in [0.5, 0.6) is 0 Å². The summed E-state index contributed by atoms with van der Waals surface area (Å²) in [6, 6.07) is 33.9. The second-order valence-corrected chi connectivity index (χ2v) is 8.57. The normalized spacial score (nSPS) is 11.0. The van der Waals surface area contributed by atoms with Gasteiger partial charge in [-0.2, -0.15) is 0 Å². The van der Waals surface area contributed by atoms with Crippen molar-refractivity contribution in [3.63, 3.8) is 0 Å². The lowest BCUT2D eigenvalue weighted by atomic mass is 10.1. The van der Waals surface area contributed by atoms with E-state index < -0.39 is 0 Å². The fraction of sp³-hybridized carbons (Fsp3) is 0.148. The van der Waals surface area contributed by atoms with E-state index >= 15 is 0 Å². The van der Waals surface area contributed by atoms with Crippen molar-refractivity contribution in [1.29, 1.82) is 0 Å². The first-order chi connectivity index (χ1) is 14.8. The number of nitrogens with zero attached hydrogens (tertiary/aromatic N) is 1. The summed E-state index contributed by atoms with van der Waals surface area (Å²) in [4.78, 5) is 15.4. The molecule has 3 aromatic carbocycles. The first-order valence-corrected chi connectivity index (χ1v) is 11.1. The maximum atomic E-state index is 11.0. The lowest BCUT2D eigenvalue weighted by Crippen LogP contribution is -2.25. The average Bonchev–Trinajstić information content (AvgIpc) is 3.29. The Kier molecular flexibility index (Phi) is 6.86. The highest BCUT2D eigenvalue weighted by molar-refractivity contribution is 7.17. The monoisotopic (exact) mass is 411 g/mol. The molecule has 30 heavy (non-hydrogen) atoms. The molecule has 1 heterocycles. The molecule has 0 aliphatic heterocycles. The molecule has 0 aliphatic rings. The molecule has 4 aromatic rings. The van der Waals surface area contributed by atoms with Crippen molar-refractivity contribution in [3.05, 3.63) is 119 Å². The van der Waals surface area contributed by atoms with E-state index in [2.05, 4.69) is 89.8 Å². The van der Waals surface area contributed by atoms with Crippen molar-refractivity contribution < 1.29 is 4.79 Å². The summed E-state index contributed by atoms with van der Waals surface area (Å²) in [5.74, 6) is 0. The van der Waals surface area contributed by atoms with E-state index in [-0.39, 0.29) is 0 Å². The molecule has 0 radical (unpaired) electrons. The quantitative estimate of drug-likeness (QED) is 0.294. The number of carbonyl (C=O) groups excluding carboxylic acids is 1. The highest BCUT2D eigenvalue weighted by Gasteiger charge is 2.10. The van der Waals surface area contributed by atoms with Crippen LogP contribution >= 0.6 is 11.3 Å². The van der Waals surface area contributed by atoms with Gasteiger partial charge in [0.2, 0.25) is 0 Å². The minimum atomic E-state index is 0.768. The molecule has 0 atom stereocenters. The van der Waals surface area contributed by atoms with Gasteiger partial charge < -0.3 is 0 Å². The summed E-state index contributed by atoms with van der Waals surface area (Å²) in [5, 5.41) is 0. The van der Waals surface area contributed by atoms with Crippen molar-refractivity contribution in [2.45, 2.75) is 19.5 Å². The Morgan fingerprint density at radius 2 is 1.37 bits per heavy atom. The molecule has 0 N–H and O–H groups in total. The Labute approximate surface area is 182 Å². The van der Waals surface area contributed by atoms with E-state index in [1.54, 1.807) is 11.3 Å². The van der Waals surface area contributed by atoms with Crippen molar-refractivity contribution in [3.8, 4) is 10.4 Å². The van der Waals surface area contributed by atoms with Gasteiger partial charge in [0, 0.05) is 24.5 Å². The van der Waals surface area contributed by atoms with Crippen LogP contribution in [0.3, 0.4) is 0 Å². The Hall–Kier alpha value is -3.01. The first kappa shape index (κ1) is 20.3. The van der Waals surface area contributed by atoms with Crippen LogP contribution in [0.4, 0.5) is 0 Å². The molecule has 2 nitrogen and oxygen atoms in total. The van der Waals surface area contributed by atoms with Crippen LogP contribution in [0.2, 0.25) is 0 Å². The Morgan fingerprint density at radius 1 is 0.700 bits per heavy atom. The van der Waals surface area contributed by atoms with E-state index in [0.29, 0.717) is 0 Å². The average molecular weight is 412 g/mol. The number of carbonyl (C=O) groups is 1. The predicted octanol–water partition coefficient (Wildman–Crippen LogP) is 6.47. The minimum absolute atomic E-state index is 0.768. The molecule has 0 bridgehead atoms. The molecule has 0 fully saturated rings. The number of aldehydes is 1. The fourth-order valence-corrected chi connectivity index (χ4v) is 4.46. The zero-order valence-electron chi connectivity index (χ0n) is 16.9. The van der Waals surface area contributed by atoms with Crippen LogP contribution in [0.25, 0.3) is 10.4 Å². The van der Waals surface area contributed by atoms with Crippen molar-refractivity contribution in [1.82, 2.24) is 4.90 Å². The highest BCUT2D eigenvalue weighted by Crippen LogP contribution is 2.28. The Balaban J connectivity index is 1.51. The number of rotatable bonds is 9. The second-order valence-electron chi connectivity index (χ2n) is 7.45. The van der Waals surface area contributed by atoms with Gasteiger partial charge in [-0.3, -0.25) is 9.69 Å². The van der Waals surface area contributed by atoms with Crippen LogP contribution in [0, 0.1) is 0 Å². The zero-order valence-corrected chi connectivity index (χ0v) is 17.7. The van der Waals surface area contributed by atoms with Gasteiger partial charge in [-0.15, -0.1) is 11.3 Å². The third kappa shape index (κ3) is 5.53. The largest absolute Gasteiger partial charge is 0.297 e. The smallest absolute Gasteiger partial charge is 0.160 e. The van der Waals surface area contributed by atoms with E-state index in [1.807, 2.05) is 12.1 Å². The van der Waals surface area contributed by atoms with E-state index in [4.69, 9.17) is 0 Å². The number of hydrogen-bond donors (Lipinski definition) is 0. The van der Waals surface area contributed by atoms with Crippen molar-refractivity contribution in [2.24, 2.45) is 0 Å². The molecule has 3 heteroatoms. The van der Waals surface area contributed by atoms with Gasteiger partial charge in [0.05, 0.1) is 4.88 Å². The van der Waals surface area contributed by atoms with Gasteiger partial charge in [0.25, 0.3) is 0 Å². The van der Waals surface area contributed by atoms with Gasteiger partial charge >= 0.3 is 0 Å². The standard InChI is InChI=1S/C27H25NOS/c29-21-26-14-15-27(30-26)25-13-7-12-24(18-25)20-28(19-23-10-5-2-6-11-23)17-16-22-8-3-1-4-9-22/h1-15,18,21H,16-17,19-20H2. The van der Waals surface area contributed by atoms with E-state index in [9.17, 15) is 4.79 Å². The van der Waals surface area contributed by atoms with Crippen LogP contribution in [0.15, 0.2) is 97.1 Å². The third-order valence-electron chi connectivity index (χ3n) is 5.17. The maximum absolute atomic E-state index is 11.0. The molecule has 150 valence electrons. The molecule has 0 amide bonds. The maximum Gasteiger partial charge on any atom is 0.160 e. The van der Waals surface area contributed by atoms with Gasteiger partial charge in [-0.05, 0) is 46.9 Å². The molecule has 0 unspecified atom stereocenters. The topological polar surface area (TPSA) is 20.3 Å². The minimum Gasteiger partial charge on any atom is -0.297 e. The van der Waals surface area contributed by atoms with Crippen LogP contribution in [-0.2, 0) is 19.5 Å². The molecule has 4 rings (SSSR count). The summed E-state index contributed by atoms with van der Waals surface area (Å²) in [5.41, 5.74) is 5.16. The number of benzene rings is 3. The second kappa shape index (κ2) is 10.1. The molecule has 1 aromatic heterocycles.